The number of carbonyl (C=O) groups excluding carboxylic acids is 1. The van der Waals surface area contributed by atoms with Crippen LogP contribution in [-0.2, 0) is 0 Å². The molecule has 1 N–H and O–H groups in total. The first-order chi connectivity index (χ1) is 15.9. The molecule has 1 aliphatic rings. The van der Waals surface area contributed by atoms with Gasteiger partial charge in [0.05, 0.1) is 6.20 Å². The number of rotatable bonds is 6. The second-order valence-corrected chi connectivity index (χ2v) is 8.93. The normalized spacial score (nSPS) is 16.1. The standard InChI is InChI=1S/C24H24Cl2N4O3/c1-28-10-2-3-11-29(28)24(30-20(15-31)23(33)21(32)14-27-30)22(16-6-4-8-18(25)12-16)17-7-5-9-19(26)13-17/h4-9,12-15,22,24,33H,2-3,10-11H2,1H3. The van der Waals surface area contributed by atoms with Gasteiger partial charge in [-0.1, -0.05) is 47.5 Å². The molecule has 2 heterocycles. The van der Waals surface area contributed by atoms with Crippen molar-refractivity contribution in [3.63, 3.8) is 0 Å². The van der Waals surface area contributed by atoms with Crippen molar-refractivity contribution < 1.29 is 9.90 Å². The lowest BCUT2D eigenvalue weighted by molar-refractivity contribution is -0.0989. The third-order valence-electron chi connectivity index (χ3n) is 5.96. The van der Waals surface area contributed by atoms with Gasteiger partial charge < -0.3 is 5.11 Å². The Bertz CT molecular complexity index is 1170. The minimum Gasteiger partial charge on any atom is -0.503 e. The number of aromatic nitrogens is 2. The molecule has 1 aliphatic heterocycles. The maximum absolute atomic E-state index is 12.1. The second kappa shape index (κ2) is 10.1. The molecule has 33 heavy (non-hydrogen) atoms. The highest BCUT2D eigenvalue weighted by atomic mass is 35.5. The molecule has 0 bridgehead atoms. The average Bonchev–Trinajstić information content (AvgIpc) is 2.80. The van der Waals surface area contributed by atoms with Crippen molar-refractivity contribution in [2.45, 2.75) is 24.9 Å². The van der Waals surface area contributed by atoms with E-state index >= 15 is 0 Å². The Morgan fingerprint density at radius 1 is 1.03 bits per heavy atom. The van der Waals surface area contributed by atoms with E-state index in [9.17, 15) is 14.7 Å². The minimum absolute atomic E-state index is 0.180. The maximum Gasteiger partial charge on any atom is 0.242 e. The number of hydrazine groups is 1. The molecule has 2 aromatic carbocycles. The Kier molecular flexibility index (Phi) is 7.14. The predicted octanol–water partition coefficient (Wildman–Crippen LogP) is 4.34. The molecule has 1 atom stereocenters. The van der Waals surface area contributed by atoms with Gasteiger partial charge in [0.25, 0.3) is 0 Å². The zero-order valence-electron chi connectivity index (χ0n) is 18.1. The lowest BCUT2D eigenvalue weighted by Crippen LogP contribution is -2.51. The summed E-state index contributed by atoms with van der Waals surface area (Å²) in [4.78, 5) is 24.1. The van der Waals surface area contributed by atoms with Crippen LogP contribution in [0.2, 0.25) is 10.0 Å². The van der Waals surface area contributed by atoms with Crippen molar-refractivity contribution in [2.24, 2.45) is 0 Å². The van der Waals surface area contributed by atoms with E-state index in [0.717, 1.165) is 36.7 Å². The summed E-state index contributed by atoms with van der Waals surface area (Å²) in [5.41, 5.74) is 0.873. The topological polar surface area (TPSA) is 78.7 Å². The third kappa shape index (κ3) is 4.82. The van der Waals surface area contributed by atoms with Gasteiger partial charge >= 0.3 is 0 Å². The summed E-state index contributed by atoms with van der Waals surface area (Å²) in [5.74, 6) is -1.00. The Morgan fingerprint density at radius 3 is 2.18 bits per heavy atom. The molecule has 4 rings (SSSR count). The van der Waals surface area contributed by atoms with Crippen LogP contribution in [0.5, 0.6) is 5.75 Å². The Hall–Kier alpha value is -2.71. The lowest BCUT2D eigenvalue weighted by atomic mass is 9.87. The summed E-state index contributed by atoms with van der Waals surface area (Å²) < 4.78 is 1.43. The van der Waals surface area contributed by atoms with Crippen molar-refractivity contribution in [2.75, 3.05) is 20.1 Å². The van der Waals surface area contributed by atoms with Gasteiger partial charge in [0.15, 0.2) is 12.0 Å². The average molecular weight is 487 g/mol. The number of aromatic hydroxyl groups is 1. The molecule has 1 aromatic heterocycles. The lowest BCUT2D eigenvalue weighted by Gasteiger charge is -2.45. The Balaban J connectivity index is 2.01. The van der Waals surface area contributed by atoms with Crippen LogP contribution in [-0.4, -0.2) is 51.3 Å². The zero-order chi connectivity index (χ0) is 23.5. The Morgan fingerprint density at radius 2 is 1.64 bits per heavy atom. The monoisotopic (exact) mass is 486 g/mol. The molecule has 0 aliphatic carbocycles. The van der Waals surface area contributed by atoms with Gasteiger partial charge in [-0.25, -0.2) is 14.7 Å². The highest BCUT2D eigenvalue weighted by Gasteiger charge is 2.37. The van der Waals surface area contributed by atoms with E-state index in [1.54, 1.807) is 12.1 Å². The van der Waals surface area contributed by atoms with Gasteiger partial charge in [-0.15, -0.1) is 0 Å². The molecule has 172 valence electrons. The largest absolute Gasteiger partial charge is 0.503 e. The molecule has 3 aromatic rings. The van der Waals surface area contributed by atoms with Gasteiger partial charge in [0.2, 0.25) is 5.43 Å². The molecule has 0 radical (unpaired) electrons. The smallest absolute Gasteiger partial charge is 0.242 e. The van der Waals surface area contributed by atoms with Gasteiger partial charge in [-0.05, 0) is 48.2 Å². The number of hydrogen-bond donors (Lipinski definition) is 1. The van der Waals surface area contributed by atoms with Crippen LogP contribution in [0.1, 0.15) is 46.5 Å². The van der Waals surface area contributed by atoms with Gasteiger partial charge in [0.1, 0.15) is 11.9 Å². The molecule has 0 amide bonds. The van der Waals surface area contributed by atoms with Crippen molar-refractivity contribution >= 4 is 29.5 Å². The highest BCUT2D eigenvalue weighted by Crippen LogP contribution is 2.41. The van der Waals surface area contributed by atoms with Crippen molar-refractivity contribution in [1.82, 2.24) is 19.8 Å². The van der Waals surface area contributed by atoms with Crippen molar-refractivity contribution in [1.29, 1.82) is 0 Å². The molecule has 1 fully saturated rings. The Labute approximate surface area is 201 Å². The fraction of sp³-hybridized carbons (Fsp3) is 0.292. The van der Waals surface area contributed by atoms with Crippen LogP contribution in [0, 0.1) is 0 Å². The van der Waals surface area contributed by atoms with Crippen LogP contribution >= 0.6 is 23.2 Å². The van der Waals surface area contributed by atoms with E-state index in [0.29, 0.717) is 22.9 Å². The van der Waals surface area contributed by atoms with Crippen LogP contribution in [0.4, 0.5) is 0 Å². The number of hydrogen-bond acceptors (Lipinski definition) is 6. The fourth-order valence-corrected chi connectivity index (χ4v) is 4.81. The van der Waals surface area contributed by atoms with E-state index in [-0.39, 0.29) is 11.6 Å². The summed E-state index contributed by atoms with van der Waals surface area (Å²) in [7, 11) is 1.97. The third-order valence-corrected chi connectivity index (χ3v) is 6.43. The first kappa shape index (κ1) is 23.4. The molecule has 9 heteroatoms. The van der Waals surface area contributed by atoms with Crippen molar-refractivity contribution in [3.05, 3.63) is 91.8 Å². The van der Waals surface area contributed by atoms with E-state index in [2.05, 4.69) is 15.1 Å². The van der Waals surface area contributed by atoms with E-state index in [1.165, 1.54) is 4.68 Å². The molecule has 0 saturated carbocycles. The minimum atomic E-state index is -0.707. The fourth-order valence-electron chi connectivity index (χ4n) is 4.42. The molecule has 7 nitrogen and oxygen atoms in total. The molecular weight excluding hydrogens is 463 g/mol. The highest BCUT2D eigenvalue weighted by molar-refractivity contribution is 6.31. The second-order valence-electron chi connectivity index (χ2n) is 8.06. The molecule has 0 spiro atoms. The maximum atomic E-state index is 12.1. The predicted molar refractivity (Wildman–Crippen MR) is 128 cm³/mol. The van der Waals surface area contributed by atoms with E-state index in [4.69, 9.17) is 23.2 Å². The van der Waals surface area contributed by atoms with Crippen LogP contribution < -0.4 is 5.43 Å². The number of halogens is 2. The molecule has 1 saturated heterocycles. The van der Waals surface area contributed by atoms with Gasteiger partial charge in [-0.2, -0.15) is 5.10 Å². The first-order valence-corrected chi connectivity index (χ1v) is 11.4. The number of carbonyl (C=O) groups is 1. The first-order valence-electron chi connectivity index (χ1n) is 10.7. The van der Waals surface area contributed by atoms with E-state index in [1.807, 2.05) is 43.4 Å². The van der Waals surface area contributed by atoms with E-state index < -0.39 is 17.3 Å². The van der Waals surface area contributed by atoms with Gasteiger partial charge in [0, 0.05) is 36.1 Å². The molecule has 1 unspecified atom stereocenters. The van der Waals surface area contributed by atoms with Crippen LogP contribution in [0.15, 0.2) is 59.5 Å². The van der Waals surface area contributed by atoms with Crippen LogP contribution in [0.25, 0.3) is 0 Å². The summed E-state index contributed by atoms with van der Waals surface area (Å²) in [5, 5.41) is 20.1. The van der Waals surface area contributed by atoms with Crippen LogP contribution in [0.3, 0.4) is 0 Å². The summed E-state index contributed by atoms with van der Waals surface area (Å²) in [6.07, 6.45) is 2.89. The summed E-state index contributed by atoms with van der Waals surface area (Å²) in [6.45, 7) is 1.52. The number of nitrogens with zero attached hydrogens (tertiary/aromatic N) is 4. The summed E-state index contributed by atoms with van der Waals surface area (Å²) in [6, 6.07) is 15.0. The quantitative estimate of drug-likeness (QED) is 0.522. The SMILES string of the molecule is CN1CCCCN1C(C(c1cccc(Cl)c1)c1cccc(Cl)c1)n1ncc(=O)c(O)c1C=O. The number of benzene rings is 2. The number of aldehydes is 1. The molecular formula is C24H24Cl2N4O3. The van der Waals surface area contributed by atoms with Crippen molar-refractivity contribution in [3.8, 4) is 5.75 Å². The zero-order valence-corrected chi connectivity index (χ0v) is 19.6. The van der Waals surface area contributed by atoms with Gasteiger partial charge in [-0.3, -0.25) is 9.59 Å². The summed E-state index contributed by atoms with van der Waals surface area (Å²) >= 11 is 12.7.